The molecular formula is C20H28O4. The highest BCUT2D eigenvalue weighted by molar-refractivity contribution is 5.92. The van der Waals surface area contributed by atoms with Crippen LogP contribution in [0.1, 0.15) is 52.9 Å². The predicted octanol–water partition coefficient (Wildman–Crippen LogP) is 3.36. The second-order valence-electron chi connectivity index (χ2n) is 8.66. The molecule has 0 radical (unpaired) electrons. The Morgan fingerprint density at radius 2 is 2.00 bits per heavy atom. The Kier molecular flexibility index (Phi) is 3.83. The largest absolute Gasteiger partial charge is 0.481 e. The van der Waals surface area contributed by atoms with Crippen molar-refractivity contribution in [3.05, 3.63) is 24.3 Å². The van der Waals surface area contributed by atoms with Crippen LogP contribution in [0.2, 0.25) is 0 Å². The second-order valence-corrected chi connectivity index (χ2v) is 8.66. The minimum absolute atomic E-state index is 0.136. The van der Waals surface area contributed by atoms with Crippen molar-refractivity contribution in [1.29, 1.82) is 0 Å². The van der Waals surface area contributed by atoms with Crippen LogP contribution in [-0.2, 0) is 9.59 Å². The van der Waals surface area contributed by atoms with Gasteiger partial charge in [-0.2, -0.15) is 0 Å². The van der Waals surface area contributed by atoms with Gasteiger partial charge in [0.25, 0.3) is 0 Å². The molecule has 4 heteroatoms. The summed E-state index contributed by atoms with van der Waals surface area (Å²) in [6, 6.07) is 0. The van der Waals surface area contributed by atoms with Gasteiger partial charge in [0.15, 0.2) is 0 Å². The molecule has 132 valence electrons. The number of carbonyl (C=O) groups excluding carboxylic acids is 1. The number of rotatable bonds is 2. The molecule has 0 aromatic carbocycles. The van der Waals surface area contributed by atoms with Gasteiger partial charge in [-0.25, -0.2) is 0 Å². The molecule has 3 aliphatic rings. The number of ketones is 1. The number of aliphatic hydroxyl groups excluding tert-OH is 1. The van der Waals surface area contributed by atoms with Gasteiger partial charge < -0.3 is 10.2 Å². The number of fused-ring (bicyclic) bond motifs is 3. The van der Waals surface area contributed by atoms with E-state index in [1.165, 1.54) is 0 Å². The number of carbonyl (C=O) groups is 2. The van der Waals surface area contributed by atoms with Gasteiger partial charge in [-0.15, -0.1) is 6.58 Å². The molecule has 0 spiro atoms. The van der Waals surface area contributed by atoms with E-state index in [0.717, 1.165) is 24.8 Å². The van der Waals surface area contributed by atoms with Crippen LogP contribution in [0.3, 0.4) is 0 Å². The van der Waals surface area contributed by atoms with Crippen molar-refractivity contribution < 1.29 is 19.8 Å². The van der Waals surface area contributed by atoms with E-state index in [9.17, 15) is 19.8 Å². The Morgan fingerprint density at radius 1 is 1.33 bits per heavy atom. The van der Waals surface area contributed by atoms with E-state index in [2.05, 4.69) is 6.58 Å². The van der Waals surface area contributed by atoms with Gasteiger partial charge in [0, 0.05) is 11.8 Å². The van der Waals surface area contributed by atoms with E-state index in [-0.39, 0.29) is 23.0 Å². The number of hydrogen-bond donors (Lipinski definition) is 2. The van der Waals surface area contributed by atoms with Gasteiger partial charge in [-0.3, -0.25) is 9.59 Å². The fourth-order valence-corrected chi connectivity index (χ4v) is 5.55. The Hall–Kier alpha value is -1.42. The molecule has 0 unspecified atom stereocenters. The topological polar surface area (TPSA) is 74.6 Å². The molecule has 3 aliphatic carbocycles. The summed E-state index contributed by atoms with van der Waals surface area (Å²) >= 11 is 0. The first-order chi connectivity index (χ1) is 11.1. The number of allylic oxidation sites excluding steroid dienone is 1. The van der Waals surface area contributed by atoms with E-state index in [1.54, 1.807) is 6.92 Å². The molecule has 3 rings (SSSR count). The summed E-state index contributed by atoms with van der Waals surface area (Å²) in [6.45, 7) is 9.58. The monoisotopic (exact) mass is 332 g/mol. The molecule has 2 saturated carbocycles. The summed E-state index contributed by atoms with van der Waals surface area (Å²) in [5, 5.41) is 20.4. The Balaban J connectivity index is 2.11. The van der Waals surface area contributed by atoms with Crippen molar-refractivity contribution in [3.63, 3.8) is 0 Å². The van der Waals surface area contributed by atoms with E-state index < -0.39 is 22.9 Å². The van der Waals surface area contributed by atoms with Crippen LogP contribution in [0.15, 0.2) is 24.3 Å². The van der Waals surface area contributed by atoms with Crippen molar-refractivity contribution in [3.8, 4) is 0 Å². The lowest BCUT2D eigenvalue weighted by molar-refractivity contribution is -0.164. The summed E-state index contributed by atoms with van der Waals surface area (Å²) in [6.07, 6.45) is 6.07. The average molecular weight is 332 g/mol. The second kappa shape index (κ2) is 5.29. The van der Waals surface area contributed by atoms with Crippen LogP contribution in [0.25, 0.3) is 0 Å². The molecule has 2 N–H and O–H groups in total. The fourth-order valence-electron chi connectivity index (χ4n) is 5.55. The maximum absolute atomic E-state index is 12.9. The molecule has 4 nitrogen and oxygen atoms in total. The zero-order valence-electron chi connectivity index (χ0n) is 14.8. The zero-order chi connectivity index (χ0) is 17.9. The number of hydrogen-bond acceptors (Lipinski definition) is 3. The number of carboxylic acids is 1. The summed E-state index contributed by atoms with van der Waals surface area (Å²) in [7, 11) is 0. The minimum atomic E-state index is -0.876. The smallest absolute Gasteiger partial charge is 0.309 e. The van der Waals surface area contributed by atoms with Gasteiger partial charge >= 0.3 is 5.97 Å². The summed E-state index contributed by atoms with van der Waals surface area (Å²) in [4.78, 5) is 24.9. The normalized spacial score (nSPS) is 48.1. The highest BCUT2D eigenvalue weighted by Gasteiger charge is 2.61. The summed E-state index contributed by atoms with van der Waals surface area (Å²) in [5.41, 5.74) is -1.05. The average Bonchev–Trinajstić information content (AvgIpc) is 2.53. The molecule has 0 saturated heterocycles. The van der Waals surface area contributed by atoms with Gasteiger partial charge in [0.05, 0.1) is 16.9 Å². The molecule has 0 aliphatic heterocycles. The first-order valence-corrected chi connectivity index (χ1v) is 8.90. The number of aliphatic carboxylic acids is 1. The highest BCUT2D eigenvalue weighted by Crippen LogP contribution is 2.62. The van der Waals surface area contributed by atoms with Crippen molar-refractivity contribution in [2.75, 3.05) is 0 Å². The van der Waals surface area contributed by atoms with Gasteiger partial charge in [-0.1, -0.05) is 24.6 Å². The summed E-state index contributed by atoms with van der Waals surface area (Å²) in [5.74, 6) is -0.654. The molecule has 0 aromatic rings. The quantitative estimate of drug-likeness (QED) is 0.760. The maximum atomic E-state index is 12.9. The third kappa shape index (κ3) is 2.08. The van der Waals surface area contributed by atoms with Crippen LogP contribution in [-0.4, -0.2) is 28.1 Å². The first kappa shape index (κ1) is 17.4. The summed E-state index contributed by atoms with van der Waals surface area (Å²) < 4.78 is 0. The molecule has 24 heavy (non-hydrogen) atoms. The molecule has 6 atom stereocenters. The lowest BCUT2D eigenvalue weighted by atomic mass is 9.45. The van der Waals surface area contributed by atoms with Crippen LogP contribution in [0.5, 0.6) is 0 Å². The van der Waals surface area contributed by atoms with Crippen molar-refractivity contribution >= 4 is 11.8 Å². The van der Waals surface area contributed by atoms with Gasteiger partial charge in [-0.05, 0) is 51.4 Å². The van der Waals surface area contributed by atoms with Crippen LogP contribution >= 0.6 is 0 Å². The van der Waals surface area contributed by atoms with Gasteiger partial charge in [0.1, 0.15) is 5.78 Å². The fraction of sp³-hybridized carbons (Fsp3) is 0.700. The lowest BCUT2D eigenvalue weighted by Gasteiger charge is -2.57. The van der Waals surface area contributed by atoms with Crippen LogP contribution < -0.4 is 0 Å². The SMILES string of the molecule is C=C[C@@]1(C)C[C@H]2CC[C@H]3[C@@](C)(C(=O)CC[C@@]3(C)C(=O)O)C2=C[C@H]1O. The molecule has 2 fully saturated rings. The van der Waals surface area contributed by atoms with E-state index in [0.29, 0.717) is 12.8 Å². The maximum Gasteiger partial charge on any atom is 0.309 e. The van der Waals surface area contributed by atoms with Crippen molar-refractivity contribution in [1.82, 2.24) is 0 Å². The Morgan fingerprint density at radius 3 is 2.58 bits per heavy atom. The number of aliphatic hydroxyl groups is 1. The molecule has 0 heterocycles. The van der Waals surface area contributed by atoms with E-state index in [4.69, 9.17) is 0 Å². The third-order valence-electron chi connectivity index (χ3n) is 7.41. The van der Waals surface area contributed by atoms with Gasteiger partial charge in [0.2, 0.25) is 0 Å². The minimum Gasteiger partial charge on any atom is -0.481 e. The van der Waals surface area contributed by atoms with Crippen LogP contribution in [0.4, 0.5) is 0 Å². The Bertz CT molecular complexity index is 636. The lowest BCUT2D eigenvalue weighted by Crippen LogP contribution is -2.57. The molecular weight excluding hydrogens is 304 g/mol. The van der Waals surface area contributed by atoms with E-state index >= 15 is 0 Å². The molecule has 0 amide bonds. The third-order valence-corrected chi connectivity index (χ3v) is 7.41. The van der Waals surface area contributed by atoms with Crippen molar-refractivity contribution in [2.24, 2.45) is 28.1 Å². The number of carboxylic acid groups (broad SMARTS) is 1. The predicted molar refractivity (Wildman–Crippen MR) is 91.3 cm³/mol. The zero-order valence-corrected chi connectivity index (χ0v) is 14.8. The van der Waals surface area contributed by atoms with Crippen molar-refractivity contribution in [2.45, 2.75) is 59.0 Å². The highest BCUT2D eigenvalue weighted by atomic mass is 16.4. The Labute approximate surface area is 143 Å². The standard InChI is InChI=1S/C20H28O4/c1-5-18(2)11-12-6-7-14-19(3,17(23)24)9-8-15(21)20(14,4)13(12)10-16(18)22/h5,10,12,14,16,22H,1,6-9,11H2,2-4H3,(H,23,24)/t12-,14-,16-,18+,19-,20+/m1/s1. The first-order valence-electron chi connectivity index (χ1n) is 8.90. The van der Waals surface area contributed by atoms with E-state index in [1.807, 2.05) is 26.0 Å². The molecule has 0 bridgehead atoms. The molecule has 0 aromatic heterocycles. The van der Waals surface area contributed by atoms with Crippen LogP contribution in [0, 0.1) is 28.1 Å². The number of Topliss-reactive ketones (excluding diaryl/α,β-unsaturated/α-hetero) is 1.